The number of carbonyl (C=O) groups excluding carboxylic acids is 1. The van der Waals surface area contributed by atoms with Crippen LogP contribution >= 0.6 is 11.6 Å². The maximum Gasteiger partial charge on any atom is 0.573 e. The Balaban J connectivity index is 3.39. The maximum absolute atomic E-state index is 12.9. The normalized spacial score (nSPS) is 11.6. The van der Waals surface area contributed by atoms with Crippen LogP contribution in [0.2, 0.25) is 0 Å². The number of rotatable bonds is 6. The second kappa shape index (κ2) is 7.57. The van der Waals surface area contributed by atoms with Crippen LogP contribution < -0.4 is 4.74 Å². The lowest BCUT2D eigenvalue weighted by molar-refractivity contribution is -0.275. The van der Waals surface area contributed by atoms with E-state index in [1.54, 1.807) is 0 Å². The van der Waals surface area contributed by atoms with Crippen LogP contribution in [-0.4, -0.2) is 23.9 Å². The van der Waals surface area contributed by atoms with Gasteiger partial charge in [-0.3, -0.25) is 9.78 Å². The van der Waals surface area contributed by atoms with E-state index in [-0.39, 0.29) is 18.2 Å². The summed E-state index contributed by atoms with van der Waals surface area (Å²) in [5.74, 6) is -2.46. The molecule has 0 bridgehead atoms. The Hall–Kier alpha value is -1.64. The van der Waals surface area contributed by atoms with Crippen LogP contribution in [0.3, 0.4) is 0 Å². The maximum atomic E-state index is 12.9. The number of ether oxygens (including phenoxy) is 2. The molecule has 0 spiro atoms. The van der Waals surface area contributed by atoms with Gasteiger partial charge in [-0.05, 0) is 6.92 Å². The zero-order valence-electron chi connectivity index (χ0n) is 11.2. The SMILES string of the molecule is CCOC(=O)Cc1c(CCl)ncc(C(F)F)c1OC(F)(F)F. The Morgan fingerprint density at radius 2 is 2.05 bits per heavy atom. The zero-order chi connectivity index (χ0) is 16.9. The summed E-state index contributed by atoms with van der Waals surface area (Å²) in [6, 6.07) is 0. The molecule has 0 saturated heterocycles. The van der Waals surface area contributed by atoms with Gasteiger partial charge in [0.2, 0.25) is 0 Å². The van der Waals surface area contributed by atoms with E-state index in [1.165, 1.54) is 6.92 Å². The van der Waals surface area contributed by atoms with Gasteiger partial charge in [0, 0.05) is 11.8 Å². The first-order valence-electron chi connectivity index (χ1n) is 5.95. The standard InChI is InChI=1S/C12H11ClF5NO3/c1-2-21-9(20)3-6-8(4-13)19-5-7(11(14)15)10(6)22-12(16,17)18/h5,11H,2-4H2,1H3. The highest BCUT2D eigenvalue weighted by molar-refractivity contribution is 6.17. The number of halogens is 6. The Kier molecular flexibility index (Phi) is 6.34. The average molecular weight is 348 g/mol. The quantitative estimate of drug-likeness (QED) is 0.446. The fraction of sp³-hybridized carbons (Fsp3) is 0.500. The lowest BCUT2D eigenvalue weighted by atomic mass is 10.1. The van der Waals surface area contributed by atoms with E-state index in [1.807, 2.05) is 0 Å². The van der Waals surface area contributed by atoms with Crippen LogP contribution in [0.25, 0.3) is 0 Å². The number of esters is 1. The second-order valence-corrected chi connectivity index (χ2v) is 4.20. The molecule has 0 atom stereocenters. The number of carbonyl (C=O) groups is 1. The molecule has 0 aliphatic heterocycles. The number of hydrogen-bond donors (Lipinski definition) is 0. The fourth-order valence-corrected chi connectivity index (χ4v) is 1.87. The largest absolute Gasteiger partial charge is 0.573 e. The third kappa shape index (κ3) is 4.97. The summed E-state index contributed by atoms with van der Waals surface area (Å²) in [6.07, 6.45) is -8.65. The van der Waals surface area contributed by atoms with E-state index >= 15 is 0 Å². The summed E-state index contributed by atoms with van der Waals surface area (Å²) in [6.45, 7) is 1.47. The summed E-state index contributed by atoms with van der Waals surface area (Å²) in [5.41, 5.74) is -1.72. The molecule has 4 nitrogen and oxygen atoms in total. The van der Waals surface area contributed by atoms with Crippen LogP contribution in [0.5, 0.6) is 5.75 Å². The summed E-state index contributed by atoms with van der Waals surface area (Å²) < 4.78 is 71.3. The van der Waals surface area contributed by atoms with Crippen LogP contribution in [0.1, 0.15) is 30.2 Å². The van der Waals surface area contributed by atoms with Crippen molar-refractivity contribution in [2.75, 3.05) is 6.61 Å². The van der Waals surface area contributed by atoms with E-state index in [0.717, 1.165) is 0 Å². The molecule has 0 radical (unpaired) electrons. The predicted octanol–water partition coefficient (Wildman–Crippen LogP) is 3.76. The first-order chi connectivity index (χ1) is 10.2. The molecule has 1 heterocycles. The van der Waals surface area contributed by atoms with E-state index < -0.39 is 42.1 Å². The molecule has 1 aromatic heterocycles. The van der Waals surface area contributed by atoms with Gasteiger partial charge in [0.1, 0.15) is 5.75 Å². The van der Waals surface area contributed by atoms with Crippen molar-refractivity contribution in [3.8, 4) is 5.75 Å². The predicted molar refractivity (Wildman–Crippen MR) is 65.8 cm³/mol. The zero-order valence-corrected chi connectivity index (χ0v) is 12.0. The van der Waals surface area contributed by atoms with Gasteiger partial charge < -0.3 is 9.47 Å². The molecular formula is C12H11ClF5NO3. The summed E-state index contributed by atoms with van der Waals surface area (Å²) in [5, 5.41) is 0. The van der Waals surface area contributed by atoms with Crippen LogP contribution in [0, 0.1) is 0 Å². The molecule has 1 aromatic rings. The van der Waals surface area contributed by atoms with Gasteiger partial charge >= 0.3 is 12.3 Å². The van der Waals surface area contributed by atoms with E-state index in [9.17, 15) is 26.7 Å². The van der Waals surface area contributed by atoms with Gasteiger partial charge in [-0.2, -0.15) is 0 Å². The van der Waals surface area contributed by atoms with Crippen molar-refractivity contribution in [2.45, 2.75) is 32.0 Å². The van der Waals surface area contributed by atoms with Gasteiger partial charge in [0.15, 0.2) is 0 Å². The molecule has 1 rings (SSSR count). The molecular weight excluding hydrogens is 337 g/mol. The molecule has 124 valence electrons. The Labute approximate surface area is 127 Å². The van der Waals surface area contributed by atoms with E-state index in [2.05, 4.69) is 14.5 Å². The first kappa shape index (κ1) is 18.4. The summed E-state index contributed by atoms with van der Waals surface area (Å²) in [4.78, 5) is 15.0. The molecule has 0 aliphatic rings. The highest BCUT2D eigenvalue weighted by atomic mass is 35.5. The molecule has 0 N–H and O–H groups in total. The number of pyridine rings is 1. The van der Waals surface area contributed by atoms with Gasteiger partial charge in [-0.25, -0.2) is 8.78 Å². The van der Waals surface area contributed by atoms with Gasteiger partial charge in [0.05, 0.1) is 30.2 Å². The molecule has 0 aromatic carbocycles. The average Bonchev–Trinajstić information content (AvgIpc) is 2.38. The van der Waals surface area contributed by atoms with Crippen molar-refractivity contribution in [3.63, 3.8) is 0 Å². The van der Waals surface area contributed by atoms with Crippen LogP contribution in [0.15, 0.2) is 6.20 Å². The van der Waals surface area contributed by atoms with Gasteiger partial charge in [-0.15, -0.1) is 24.8 Å². The van der Waals surface area contributed by atoms with Crippen molar-refractivity contribution in [1.82, 2.24) is 4.98 Å². The van der Waals surface area contributed by atoms with Crippen molar-refractivity contribution < 1.29 is 36.2 Å². The fourth-order valence-electron chi connectivity index (χ4n) is 1.63. The Bertz CT molecular complexity index is 536. The van der Waals surface area contributed by atoms with Gasteiger partial charge in [0.25, 0.3) is 6.43 Å². The van der Waals surface area contributed by atoms with Crippen LogP contribution in [0.4, 0.5) is 22.0 Å². The lowest BCUT2D eigenvalue weighted by Gasteiger charge is -2.18. The third-order valence-corrected chi connectivity index (χ3v) is 2.70. The minimum absolute atomic E-state index is 0.0214. The van der Waals surface area contributed by atoms with E-state index in [0.29, 0.717) is 6.20 Å². The molecule has 0 unspecified atom stereocenters. The molecule has 0 saturated carbocycles. The smallest absolute Gasteiger partial charge is 0.466 e. The Morgan fingerprint density at radius 1 is 1.41 bits per heavy atom. The second-order valence-electron chi connectivity index (χ2n) is 3.93. The molecule has 0 aliphatic carbocycles. The molecule has 0 amide bonds. The Morgan fingerprint density at radius 3 is 2.50 bits per heavy atom. The monoisotopic (exact) mass is 347 g/mol. The van der Waals surface area contributed by atoms with Crippen molar-refractivity contribution in [3.05, 3.63) is 23.0 Å². The lowest BCUT2D eigenvalue weighted by Crippen LogP contribution is -2.21. The van der Waals surface area contributed by atoms with Gasteiger partial charge in [-0.1, -0.05) is 0 Å². The van der Waals surface area contributed by atoms with E-state index in [4.69, 9.17) is 11.6 Å². The highest BCUT2D eigenvalue weighted by Crippen LogP contribution is 2.37. The molecule has 10 heteroatoms. The third-order valence-electron chi connectivity index (χ3n) is 2.45. The summed E-state index contributed by atoms with van der Waals surface area (Å²) in [7, 11) is 0. The molecule has 22 heavy (non-hydrogen) atoms. The van der Waals surface area contributed by atoms with Crippen molar-refractivity contribution in [1.29, 1.82) is 0 Å². The molecule has 0 fully saturated rings. The topological polar surface area (TPSA) is 48.4 Å². The number of alkyl halides is 6. The highest BCUT2D eigenvalue weighted by Gasteiger charge is 2.36. The van der Waals surface area contributed by atoms with Crippen LogP contribution in [-0.2, 0) is 21.8 Å². The minimum Gasteiger partial charge on any atom is -0.466 e. The van der Waals surface area contributed by atoms with Crippen molar-refractivity contribution >= 4 is 17.6 Å². The first-order valence-corrected chi connectivity index (χ1v) is 6.49. The van der Waals surface area contributed by atoms with Crippen molar-refractivity contribution in [2.24, 2.45) is 0 Å². The summed E-state index contributed by atoms with van der Waals surface area (Å²) >= 11 is 5.53. The number of nitrogens with zero attached hydrogens (tertiary/aromatic N) is 1. The number of aromatic nitrogens is 1. The number of hydrogen-bond acceptors (Lipinski definition) is 4. The minimum atomic E-state index is -5.21.